The Morgan fingerprint density at radius 1 is 1.45 bits per heavy atom. The SMILES string of the molecule is C=CCN(CC(=O)O)C(=O)c1ccc2c(c1)NC(=O)C2. The summed E-state index contributed by atoms with van der Waals surface area (Å²) >= 11 is 0. The quantitative estimate of drug-likeness (QED) is 0.781. The maximum atomic E-state index is 12.3. The van der Waals surface area contributed by atoms with E-state index in [0.29, 0.717) is 17.7 Å². The molecule has 0 spiro atoms. The summed E-state index contributed by atoms with van der Waals surface area (Å²) in [4.78, 5) is 35.5. The number of carboxylic acids is 1. The van der Waals surface area contributed by atoms with Gasteiger partial charge in [0.15, 0.2) is 0 Å². The van der Waals surface area contributed by atoms with Crippen LogP contribution in [0.3, 0.4) is 0 Å². The van der Waals surface area contributed by atoms with E-state index in [1.807, 2.05) is 0 Å². The Morgan fingerprint density at radius 2 is 2.20 bits per heavy atom. The van der Waals surface area contributed by atoms with Gasteiger partial charge in [-0.25, -0.2) is 0 Å². The second-order valence-corrected chi connectivity index (χ2v) is 4.46. The first-order valence-corrected chi connectivity index (χ1v) is 6.06. The third kappa shape index (κ3) is 2.85. The first-order chi connectivity index (χ1) is 9.51. The summed E-state index contributed by atoms with van der Waals surface area (Å²) in [5.41, 5.74) is 1.78. The van der Waals surface area contributed by atoms with E-state index in [2.05, 4.69) is 11.9 Å². The lowest BCUT2D eigenvalue weighted by Crippen LogP contribution is -2.35. The minimum Gasteiger partial charge on any atom is -0.480 e. The average Bonchev–Trinajstić information content (AvgIpc) is 2.75. The average molecular weight is 274 g/mol. The molecule has 0 atom stereocenters. The molecule has 0 aliphatic carbocycles. The number of nitrogens with zero attached hydrogens (tertiary/aromatic N) is 1. The van der Waals surface area contributed by atoms with Gasteiger partial charge in [0.2, 0.25) is 5.91 Å². The van der Waals surface area contributed by atoms with Gasteiger partial charge in [-0.15, -0.1) is 6.58 Å². The third-order valence-electron chi connectivity index (χ3n) is 2.94. The number of hydrogen-bond donors (Lipinski definition) is 2. The van der Waals surface area contributed by atoms with Crippen LogP contribution in [0.1, 0.15) is 15.9 Å². The van der Waals surface area contributed by atoms with Gasteiger partial charge in [0.25, 0.3) is 5.91 Å². The van der Waals surface area contributed by atoms with Gasteiger partial charge >= 0.3 is 5.97 Å². The molecular formula is C14H14N2O4. The second kappa shape index (κ2) is 5.56. The zero-order valence-corrected chi connectivity index (χ0v) is 10.8. The van der Waals surface area contributed by atoms with Crippen molar-refractivity contribution in [1.82, 2.24) is 4.90 Å². The molecule has 1 heterocycles. The molecule has 2 rings (SSSR count). The molecule has 6 heteroatoms. The van der Waals surface area contributed by atoms with Crippen molar-refractivity contribution in [2.24, 2.45) is 0 Å². The van der Waals surface area contributed by atoms with Gasteiger partial charge in [-0.05, 0) is 17.7 Å². The number of carboxylic acid groups (broad SMARTS) is 1. The van der Waals surface area contributed by atoms with Crippen molar-refractivity contribution in [2.75, 3.05) is 18.4 Å². The molecule has 0 aromatic heterocycles. The van der Waals surface area contributed by atoms with Crippen LogP contribution in [0, 0.1) is 0 Å². The standard InChI is InChI=1S/C14H14N2O4/c1-2-5-16(8-13(18)19)14(20)10-4-3-9-7-12(17)15-11(9)6-10/h2-4,6H,1,5,7-8H2,(H,15,17)(H,18,19). The Kier molecular flexibility index (Phi) is 3.84. The van der Waals surface area contributed by atoms with E-state index in [1.165, 1.54) is 11.0 Å². The van der Waals surface area contributed by atoms with E-state index >= 15 is 0 Å². The van der Waals surface area contributed by atoms with E-state index in [9.17, 15) is 14.4 Å². The van der Waals surface area contributed by atoms with Gasteiger partial charge in [-0.3, -0.25) is 14.4 Å². The Labute approximate surface area is 115 Å². The largest absolute Gasteiger partial charge is 0.480 e. The van der Waals surface area contributed by atoms with E-state index in [4.69, 9.17) is 5.11 Å². The number of amides is 2. The monoisotopic (exact) mass is 274 g/mol. The number of carbonyl (C=O) groups excluding carboxylic acids is 2. The van der Waals surface area contributed by atoms with Crippen molar-refractivity contribution < 1.29 is 19.5 Å². The molecule has 1 aliphatic heterocycles. The van der Waals surface area contributed by atoms with Gasteiger partial charge in [0.05, 0.1) is 6.42 Å². The summed E-state index contributed by atoms with van der Waals surface area (Å²) in [6.45, 7) is 3.26. The molecule has 0 radical (unpaired) electrons. The summed E-state index contributed by atoms with van der Waals surface area (Å²) < 4.78 is 0. The van der Waals surface area contributed by atoms with Crippen LogP contribution in [0.5, 0.6) is 0 Å². The number of rotatable bonds is 5. The van der Waals surface area contributed by atoms with Crippen LogP contribution in [0.4, 0.5) is 5.69 Å². The van der Waals surface area contributed by atoms with Crippen molar-refractivity contribution in [3.63, 3.8) is 0 Å². The Balaban J connectivity index is 2.23. The normalized spacial score (nSPS) is 12.5. The van der Waals surface area contributed by atoms with Crippen LogP contribution in [0.2, 0.25) is 0 Å². The predicted molar refractivity (Wildman–Crippen MR) is 72.5 cm³/mol. The maximum absolute atomic E-state index is 12.3. The topological polar surface area (TPSA) is 86.7 Å². The van der Waals surface area contributed by atoms with Gasteiger partial charge in [0, 0.05) is 17.8 Å². The molecule has 6 nitrogen and oxygen atoms in total. The summed E-state index contributed by atoms with van der Waals surface area (Å²) in [6.07, 6.45) is 1.77. The van der Waals surface area contributed by atoms with Crippen LogP contribution in [-0.2, 0) is 16.0 Å². The highest BCUT2D eigenvalue weighted by molar-refractivity contribution is 6.02. The first kappa shape index (κ1) is 13.8. The van der Waals surface area contributed by atoms with Crippen molar-refractivity contribution in [3.05, 3.63) is 42.0 Å². The molecule has 104 valence electrons. The number of fused-ring (bicyclic) bond motifs is 1. The van der Waals surface area contributed by atoms with Gasteiger partial charge < -0.3 is 15.3 Å². The minimum atomic E-state index is -1.09. The minimum absolute atomic E-state index is 0.113. The van der Waals surface area contributed by atoms with Crippen molar-refractivity contribution in [3.8, 4) is 0 Å². The lowest BCUT2D eigenvalue weighted by Gasteiger charge is -2.19. The van der Waals surface area contributed by atoms with Gasteiger partial charge in [0.1, 0.15) is 6.54 Å². The number of anilines is 1. The Hall–Kier alpha value is -2.63. The van der Waals surface area contributed by atoms with E-state index in [-0.39, 0.29) is 12.5 Å². The molecule has 0 unspecified atom stereocenters. The number of aliphatic carboxylic acids is 1. The maximum Gasteiger partial charge on any atom is 0.323 e. The highest BCUT2D eigenvalue weighted by Gasteiger charge is 2.22. The molecule has 20 heavy (non-hydrogen) atoms. The van der Waals surface area contributed by atoms with Crippen LogP contribution < -0.4 is 5.32 Å². The van der Waals surface area contributed by atoms with Crippen molar-refractivity contribution in [1.29, 1.82) is 0 Å². The van der Waals surface area contributed by atoms with Crippen LogP contribution in [0.25, 0.3) is 0 Å². The molecular weight excluding hydrogens is 260 g/mol. The van der Waals surface area contributed by atoms with Crippen LogP contribution >= 0.6 is 0 Å². The van der Waals surface area contributed by atoms with E-state index in [1.54, 1.807) is 18.2 Å². The van der Waals surface area contributed by atoms with E-state index < -0.39 is 18.4 Å². The zero-order valence-electron chi connectivity index (χ0n) is 10.8. The molecule has 1 aliphatic rings. The predicted octanol–water partition coefficient (Wildman–Crippen LogP) is 0.894. The summed E-state index contributed by atoms with van der Waals surface area (Å²) in [5.74, 6) is -1.61. The summed E-state index contributed by atoms with van der Waals surface area (Å²) in [5, 5.41) is 11.5. The fraction of sp³-hybridized carbons (Fsp3) is 0.214. The Morgan fingerprint density at radius 3 is 2.85 bits per heavy atom. The number of nitrogens with one attached hydrogen (secondary N) is 1. The molecule has 1 aromatic carbocycles. The molecule has 2 N–H and O–H groups in total. The highest BCUT2D eigenvalue weighted by Crippen LogP contribution is 2.24. The van der Waals surface area contributed by atoms with Crippen molar-refractivity contribution in [2.45, 2.75) is 6.42 Å². The van der Waals surface area contributed by atoms with Crippen LogP contribution in [0.15, 0.2) is 30.9 Å². The second-order valence-electron chi connectivity index (χ2n) is 4.46. The Bertz CT molecular complexity index is 595. The van der Waals surface area contributed by atoms with Gasteiger partial charge in [-0.1, -0.05) is 12.1 Å². The fourth-order valence-corrected chi connectivity index (χ4v) is 2.07. The molecule has 0 saturated carbocycles. The molecule has 0 bridgehead atoms. The third-order valence-corrected chi connectivity index (χ3v) is 2.94. The first-order valence-electron chi connectivity index (χ1n) is 6.06. The summed E-state index contributed by atoms with van der Waals surface area (Å²) in [7, 11) is 0. The van der Waals surface area contributed by atoms with Gasteiger partial charge in [-0.2, -0.15) is 0 Å². The van der Waals surface area contributed by atoms with E-state index in [0.717, 1.165) is 5.56 Å². The number of carbonyl (C=O) groups is 3. The zero-order chi connectivity index (χ0) is 14.7. The lowest BCUT2D eigenvalue weighted by molar-refractivity contribution is -0.137. The summed E-state index contributed by atoms with van der Waals surface area (Å²) in [6, 6.07) is 4.87. The smallest absolute Gasteiger partial charge is 0.323 e. The molecule has 1 aromatic rings. The van der Waals surface area contributed by atoms with Crippen molar-refractivity contribution >= 4 is 23.5 Å². The lowest BCUT2D eigenvalue weighted by atomic mass is 10.1. The molecule has 2 amide bonds. The van der Waals surface area contributed by atoms with Crippen LogP contribution in [-0.4, -0.2) is 40.9 Å². The number of benzene rings is 1. The molecule has 0 saturated heterocycles. The highest BCUT2D eigenvalue weighted by atomic mass is 16.4. The number of hydrogen-bond acceptors (Lipinski definition) is 3. The molecule has 0 fully saturated rings. The fourth-order valence-electron chi connectivity index (χ4n) is 2.07.